The zero-order valence-corrected chi connectivity index (χ0v) is 14.9. The number of hydrogen-bond acceptors (Lipinski definition) is 6. The van der Waals surface area contributed by atoms with Crippen LogP contribution in [0.5, 0.6) is 0 Å². The van der Waals surface area contributed by atoms with Crippen molar-refractivity contribution >= 4 is 50.7 Å². The second kappa shape index (κ2) is 6.52. The lowest BCUT2D eigenvalue weighted by Crippen LogP contribution is -2.12. The number of aromatic nitrogens is 2. The number of rotatable bonds is 5. The molecule has 0 aliphatic heterocycles. The third-order valence-electron chi connectivity index (χ3n) is 3.33. The Morgan fingerprint density at radius 1 is 1.55 bits per heavy atom. The first-order valence-corrected chi connectivity index (χ1v) is 8.76. The first-order valence-electron chi connectivity index (χ1n) is 6.71. The van der Waals surface area contributed by atoms with Crippen molar-refractivity contribution in [2.75, 3.05) is 12.4 Å². The van der Waals surface area contributed by atoms with E-state index in [9.17, 15) is 4.79 Å². The quantitative estimate of drug-likeness (QED) is 0.758. The molecule has 8 heteroatoms. The molecule has 1 aliphatic carbocycles. The van der Waals surface area contributed by atoms with Crippen molar-refractivity contribution in [3.05, 3.63) is 37.3 Å². The van der Waals surface area contributed by atoms with E-state index in [1.54, 1.807) is 11.3 Å². The van der Waals surface area contributed by atoms with Gasteiger partial charge in [0.2, 0.25) is 0 Å². The van der Waals surface area contributed by atoms with Crippen molar-refractivity contribution in [3.8, 4) is 0 Å². The number of nitrogens with one attached hydrogen (secondary N) is 1. The van der Waals surface area contributed by atoms with Gasteiger partial charge in [-0.1, -0.05) is 11.6 Å². The van der Waals surface area contributed by atoms with E-state index in [4.69, 9.17) is 16.3 Å². The van der Waals surface area contributed by atoms with E-state index in [-0.39, 0.29) is 10.7 Å². The summed E-state index contributed by atoms with van der Waals surface area (Å²) in [6.07, 6.45) is 2.08. The second-order valence-corrected chi connectivity index (χ2v) is 7.54. The fourth-order valence-corrected chi connectivity index (χ4v) is 3.43. The Morgan fingerprint density at radius 2 is 2.32 bits per heavy atom. The van der Waals surface area contributed by atoms with E-state index < -0.39 is 5.97 Å². The predicted octanol–water partition coefficient (Wildman–Crippen LogP) is 4.23. The summed E-state index contributed by atoms with van der Waals surface area (Å²) >= 11 is 11.4. The van der Waals surface area contributed by atoms with Gasteiger partial charge in [-0.15, -0.1) is 11.3 Å². The first kappa shape index (κ1) is 15.7. The van der Waals surface area contributed by atoms with E-state index in [2.05, 4.69) is 31.2 Å². The van der Waals surface area contributed by atoms with Crippen LogP contribution in [0.25, 0.3) is 0 Å². The molecule has 0 saturated heterocycles. The Balaban J connectivity index is 1.90. The molecular formula is C14H13BrClN3O2S. The fourth-order valence-electron chi connectivity index (χ4n) is 1.96. The Hall–Kier alpha value is -1.18. The number of esters is 1. The standard InChI is InChI=1S/C14H13BrClN3O2S/c1-21-14(20)10-9(16)13(19-12(18-10)7-2-3-7)17-6-8-4-5-22-11(8)15/h4-5,7H,2-3,6H2,1H3,(H,17,18,19). The summed E-state index contributed by atoms with van der Waals surface area (Å²) in [5, 5.41) is 5.38. The average molecular weight is 403 g/mol. The SMILES string of the molecule is COC(=O)c1nc(C2CC2)nc(NCc2ccsc2Br)c1Cl. The molecule has 2 aromatic heterocycles. The van der Waals surface area contributed by atoms with Gasteiger partial charge in [0, 0.05) is 12.5 Å². The first-order chi connectivity index (χ1) is 10.6. The summed E-state index contributed by atoms with van der Waals surface area (Å²) in [6.45, 7) is 0.561. The summed E-state index contributed by atoms with van der Waals surface area (Å²) in [7, 11) is 1.31. The molecule has 3 rings (SSSR count). The van der Waals surface area contributed by atoms with Crippen LogP contribution < -0.4 is 5.32 Å². The molecule has 2 aromatic rings. The van der Waals surface area contributed by atoms with Crippen LogP contribution in [0.15, 0.2) is 15.2 Å². The van der Waals surface area contributed by atoms with Gasteiger partial charge in [-0.25, -0.2) is 14.8 Å². The van der Waals surface area contributed by atoms with Crippen LogP contribution in [0.4, 0.5) is 5.82 Å². The fraction of sp³-hybridized carbons (Fsp3) is 0.357. The number of hydrogen-bond donors (Lipinski definition) is 1. The topological polar surface area (TPSA) is 64.1 Å². The molecule has 0 aromatic carbocycles. The summed E-state index contributed by atoms with van der Waals surface area (Å²) in [5.41, 5.74) is 1.22. The molecule has 0 unspecified atom stereocenters. The van der Waals surface area contributed by atoms with Crippen LogP contribution >= 0.6 is 38.9 Å². The highest BCUT2D eigenvalue weighted by molar-refractivity contribution is 9.11. The van der Waals surface area contributed by atoms with Crippen molar-refractivity contribution in [2.45, 2.75) is 25.3 Å². The van der Waals surface area contributed by atoms with Crippen LogP contribution in [-0.2, 0) is 11.3 Å². The lowest BCUT2D eigenvalue weighted by Gasteiger charge is -2.11. The molecule has 22 heavy (non-hydrogen) atoms. The lowest BCUT2D eigenvalue weighted by atomic mass is 10.3. The van der Waals surface area contributed by atoms with Crippen molar-refractivity contribution in [3.63, 3.8) is 0 Å². The number of methoxy groups -OCH3 is 1. The van der Waals surface area contributed by atoms with Gasteiger partial charge in [-0.05, 0) is 45.8 Å². The zero-order valence-electron chi connectivity index (χ0n) is 11.7. The summed E-state index contributed by atoms with van der Waals surface area (Å²) < 4.78 is 5.81. The minimum Gasteiger partial charge on any atom is -0.464 e. The minimum absolute atomic E-state index is 0.118. The minimum atomic E-state index is -0.547. The number of thiophene rings is 1. The molecule has 0 bridgehead atoms. The number of carbonyl (C=O) groups is 1. The molecule has 0 amide bonds. The molecule has 116 valence electrons. The highest BCUT2D eigenvalue weighted by Gasteiger charge is 2.30. The summed E-state index contributed by atoms with van der Waals surface area (Å²) in [6, 6.07) is 2.01. The maximum absolute atomic E-state index is 11.8. The van der Waals surface area contributed by atoms with Gasteiger partial charge in [0.05, 0.1) is 10.9 Å². The van der Waals surface area contributed by atoms with Crippen molar-refractivity contribution in [2.24, 2.45) is 0 Å². The molecule has 1 N–H and O–H groups in total. The smallest absolute Gasteiger partial charge is 0.358 e. The molecule has 0 radical (unpaired) electrons. The van der Waals surface area contributed by atoms with E-state index in [0.29, 0.717) is 24.1 Å². The normalized spacial score (nSPS) is 14.0. The average Bonchev–Trinajstić information content (AvgIpc) is 3.29. The number of carbonyl (C=O) groups excluding carboxylic acids is 1. The monoisotopic (exact) mass is 401 g/mol. The Labute approximate surface area is 145 Å². The lowest BCUT2D eigenvalue weighted by molar-refractivity contribution is 0.0593. The number of anilines is 1. The zero-order chi connectivity index (χ0) is 15.7. The van der Waals surface area contributed by atoms with Gasteiger partial charge in [-0.3, -0.25) is 0 Å². The van der Waals surface area contributed by atoms with Crippen LogP contribution in [0.2, 0.25) is 5.02 Å². The maximum atomic E-state index is 11.8. The van der Waals surface area contributed by atoms with Crippen molar-refractivity contribution < 1.29 is 9.53 Å². The predicted molar refractivity (Wildman–Crippen MR) is 89.7 cm³/mol. The van der Waals surface area contributed by atoms with Gasteiger partial charge in [0.15, 0.2) is 5.69 Å². The van der Waals surface area contributed by atoms with Crippen LogP contribution in [-0.4, -0.2) is 23.0 Å². The number of halogens is 2. The largest absolute Gasteiger partial charge is 0.464 e. The molecule has 0 spiro atoms. The molecule has 5 nitrogen and oxygen atoms in total. The van der Waals surface area contributed by atoms with Crippen LogP contribution in [0, 0.1) is 0 Å². The van der Waals surface area contributed by atoms with E-state index in [1.165, 1.54) is 7.11 Å². The van der Waals surface area contributed by atoms with Gasteiger partial charge in [0.1, 0.15) is 16.7 Å². The Morgan fingerprint density at radius 3 is 2.91 bits per heavy atom. The molecule has 1 fully saturated rings. The molecule has 0 atom stereocenters. The van der Waals surface area contributed by atoms with Crippen LogP contribution in [0.3, 0.4) is 0 Å². The summed E-state index contributed by atoms with van der Waals surface area (Å²) in [4.78, 5) is 20.6. The third kappa shape index (κ3) is 3.26. The van der Waals surface area contributed by atoms with Crippen LogP contribution in [0.1, 0.15) is 40.6 Å². The molecule has 1 aliphatic rings. The third-order valence-corrected chi connectivity index (χ3v) is 5.50. The maximum Gasteiger partial charge on any atom is 0.358 e. The highest BCUT2D eigenvalue weighted by atomic mass is 79.9. The molecular weight excluding hydrogens is 390 g/mol. The number of ether oxygens (including phenoxy) is 1. The molecule has 2 heterocycles. The van der Waals surface area contributed by atoms with Gasteiger partial charge in [0.25, 0.3) is 0 Å². The Bertz CT molecular complexity index is 718. The van der Waals surface area contributed by atoms with E-state index in [0.717, 1.165) is 22.2 Å². The van der Waals surface area contributed by atoms with E-state index in [1.807, 2.05) is 11.4 Å². The van der Waals surface area contributed by atoms with E-state index >= 15 is 0 Å². The van der Waals surface area contributed by atoms with Crippen molar-refractivity contribution in [1.82, 2.24) is 9.97 Å². The van der Waals surface area contributed by atoms with Gasteiger partial charge >= 0.3 is 5.97 Å². The van der Waals surface area contributed by atoms with Gasteiger partial charge in [-0.2, -0.15) is 0 Å². The number of nitrogens with zero attached hydrogens (tertiary/aromatic N) is 2. The molecule has 1 saturated carbocycles. The van der Waals surface area contributed by atoms with Gasteiger partial charge < -0.3 is 10.1 Å². The Kier molecular flexibility index (Phi) is 4.65. The van der Waals surface area contributed by atoms with Crippen molar-refractivity contribution in [1.29, 1.82) is 0 Å². The highest BCUT2D eigenvalue weighted by Crippen LogP contribution is 2.40. The summed E-state index contributed by atoms with van der Waals surface area (Å²) in [5.74, 6) is 0.886. The second-order valence-electron chi connectivity index (χ2n) is 4.93.